The number of carbonyl (C=O) groups excluding carboxylic acids is 1. The maximum atomic E-state index is 11.7. The zero-order chi connectivity index (χ0) is 11.5. The quantitative estimate of drug-likeness (QED) is 0.726. The minimum atomic E-state index is -1.38. The molecule has 1 saturated heterocycles. The van der Waals surface area contributed by atoms with E-state index < -0.39 is 17.2 Å². The average Bonchev–Trinajstić information content (AvgIpc) is 2.19. The Morgan fingerprint density at radius 2 is 2.20 bits per heavy atom. The number of hydrogen-bond acceptors (Lipinski definition) is 4. The molecule has 0 amide bonds. The molecule has 15 heavy (non-hydrogen) atoms. The van der Waals surface area contributed by atoms with Crippen LogP contribution in [0.25, 0.3) is 0 Å². The Balaban J connectivity index is 2.77. The number of rotatable bonds is 3. The van der Waals surface area contributed by atoms with Crippen LogP contribution in [0.3, 0.4) is 0 Å². The molecule has 4 nitrogen and oxygen atoms in total. The number of esters is 1. The Labute approximate surface area is 90.6 Å². The molecule has 0 aromatic rings. The summed E-state index contributed by atoms with van der Waals surface area (Å²) >= 11 is 0. The highest BCUT2D eigenvalue weighted by Crippen LogP contribution is 2.39. The minimum Gasteiger partial charge on any atom is -0.465 e. The van der Waals surface area contributed by atoms with Crippen LogP contribution in [0.4, 0.5) is 0 Å². The second-order valence-corrected chi connectivity index (χ2v) is 4.44. The van der Waals surface area contributed by atoms with Crippen molar-refractivity contribution in [1.82, 2.24) is 0 Å². The first-order valence-corrected chi connectivity index (χ1v) is 5.47. The molecule has 1 heterocycles. The smallest absolute Gasteiger partial charge is 0.316 e. The Bertz CT molecular complexity index is 229. The van der Waals surface area contributed by atoms with E-state index in [9.17, 15) is 9.90 Å². The Hall–Kier alpha value is -0.610. The summed E-state index contributed by atoms with van der Waals surface area (Å²) in [6, 6.07) is 0. The molecule has 0 aromatic heterocycles. The van der Waals surface area contributed by atoms with Gasteiger partial charge in [0.15, 0.2) is 5.79 Å². The SMILES string of the molecule is CCOC(=O)C(C)(C)C1(O)CCCCO1. The Kier molecular flexibility index (Phi) is 3.73. The van der Waals surface area contributed by atoms with Crippen molar-refractivity contribution in [2.45, 2.75) is 45.8 Å². The van der Waals surface area contributed by atoms with E-state index in [1.165, 1.54) is 0 Å². The van der Waals surface area contributed by atoms with Crippen molar-refractivity contribution in [3.63, 3.8) is 0 Å². The third kappa shape index (κ3) is 2.32. The van der Waals surface area contributed by atoms with Crippen LogP contribution in [0, 0.1) is 5.41 Å². The average molecular weight is 216 g/mol. The topological polar surface area (TPSA) is 55.8 Å². The van der Waals surface area contributed by atoms with Crippen LogP contribution in [0.1, 0.15) is 40.0 Å². The van der Waals surface area contributed by atoms with Crippen LogP contribution in [-0.4, -0.2) is 30.1 Å². The highest BCUT2D eigenvalue weighted by atomic mass is 16.6. The van der Waals surface area contributed by atoms with E-state index in [1.54, 1.807) is 20.8 Å². The van der Waals surface area contributed by atoms with Gasteiger partial charge in [0.05, 0.1) is 13.2 Å². The van der Waals surface area contributed by atoms with E-state index in [0.717, 1.165) is 12.8 Å². The molecule has 0 aliphatic carbocycles. The van der Waals surface area contributed by atoms with Gasteiger partial charge < -0.3 is 14.6 Å². The third-order valence-electron chi connectivity index (χ3n) is 3.01. The van der Waals surface area contributed by atoms with Gasteiger partial charge >= 0.3 is 5.97 Å². The fourth-order valence-electron chi connectivity index (χ4n) is 1.74. The van der Waals surface area contributed by atoms with Gasteiger partial charge in [-0.05, 0) is 33.6 Å². The van der Waals surface area contributed by atoms with Gasteiger partial charge in [-0.15, -0.1) is 0 Å². The molecular weight excluding hydrogens is 196 g/mol. The molecule has 0 saturated carbocycles. The van der Waals surface area contributed by atoms with E-state index in [0.29, 0.717) is 19.6 Å². The van der Waals surface area contributed by atoms with E-state index in [4.69, 9.17) is 9.47 Å². The van der Waals surface area contributed by atoms with Crippen molar-refractivity contribution in [2.75, 3.05) is 13.2 Å². The zero-order valence-corrected chi connectivity index (χ0v) is 9.71. The fraction of sp³-hybridized carbons (Fsp3) is 0.909. The van der Waals surface area contributed by atoms with Crippen molar-refractivity contribution in [3.8, 4) is 0 Å². The van der Waals surface area contributed by atoms with Crippen LogP contribution in [0.5, 0.6) is 0 Å². The lowest BCUT2D eigenvalue weighted by Crippen LogP contribution is -2.53. The summed E-state index contributed by atoms with van der Waals surface area (Å²) in [6.45, 7) is 5.89. The highest BCUT2D eigenvalue weighted by molar-refractivity contribution is 5.77. The number of carbonyl (C=O) groups is 1. The first-order valence-electron chi connectivity index (χ1n) is 5.47. The molecular formula is C11H20O4. The van der Waals surface area contributed by atoms with Gasteiger partial charge in [-0.3, -0.25) is 4.79 Å². The third-order valence-corrected chi connectivity index (χ3v) is 3.01. The Morgan fingerprint density at radius 3 is 2.67 bits per heavy atom. The van der Waals surface area contributed by atoms with Crippen molar-refractivity contribution in [2.24, 2.45) is 5.41 Å². The first kappa shape index (κ1) is 12.5. The van der Waals surface area contributed by atoms with Gasteiger partial charge in [0, 0.05) is 6.42 Å². The van der Waals surface area contributed by atoms with Gasteiger partial charge in [0.1, 0.15) is 5.41 Å². The predicted molar refractivity (Wildman–Crippen MR) is 55.2 cm³/mol. The first-order chi connectivity index (χ1) is 6.94. The maximum Gasteiger partial charge on any atom is 0.316 e. The molecule has 0 bridgehead atoms. The van der Waals surface area contributed by atoms with E-state index in [1.807, 2.05) is 0 Å². The summed E-state index contributed by atoms with van der Waals surface area (Å²) in [5, 5.41) is 10.3. The monoisotopic (exact) mass is 216 g/mol. The number of aliphatic hydroxyl groups is 1. The lowest BCUT2D eigenvalue weighted by atomic mass is 9.79. The molecule has 0 aromatic carbocycles. The maximum absolute atomic E-state index is 11.7. The molecule has 0 spiro atoms. The summed E-state index contributed by atoms with van der Waals surface area (Å²) in [7, 11) is 0. The largest absolute Gasteiger partial charge is 0.465 e. The van der Waals surface area contributed by atoms with E-state index in [-0.39, 0.29) is 0 Å². The molecule has 1 fully saturated rings. The van der Waals surface area contributed by atoms with Crippen molar-refractivity contribution in [1.29, 1.82) is 0 Å². The Morgan fingerprint density at radius 1 is 1.53 bits per heavy atom. The second kappa shape index (κ2) is 4.49. The lowest BCUT2D eigenvalue weighted by molar-refractivity contribution is -0.281. The lowest BCUT2D eigenvalue weighted by Gasteiger charge is -2.42. The van der Waals surface area contributed by atoms with Crippen LogP contribution in [0.15, 0.2) is 0 Å². The molecule has 1 atom stereocenters. The van der Waals surface area contributed by atoms with E-state index >= 15 is 0 Å². The van der Waals surface area contributed by atoms with Gasteiger partial charge in [-0.25, -0.2) is 0 Å². The molecule has 1 rings (SSSR count). The summed E-state index contributed by atoms with van der Waals surface area (Å²) in [4.78, 5) is 11.7. The van der Waals surface area contributed by atoms with Gasteiger partial charge in [-0.1, -0.05) is 0 Å². The number of ether oxygens (including phenoxy) is 2. The van der Waals surface area contributed by atoms with Crippen LogP contribution >= 0.6 is 0 Å². The molecule has 1 unspecified atom stereocenters. The summed E-state index contributed by atoms with van der Waals surface area (Å²) < 4.78 is 10.3. The van der Waals surface area contributed by atoms with Crippen LogP contribution < -0.4 is 0 Å². The van der Waals surface area contributed by atoms with Crippen molar-refractivity contribution >= 4 is 5.97 Å². The van der Waals surface area contributed by atoms with Gasteiger partial charge in [0.25, 0.3) is 0 Å². The molecule has 1 N–H and O–H groups in total. The van der Waals surface area contributed by atoms with Crippen LogP contribution in [-0.2, 0) is 14.3 Å². The van der Waals surface area contributed by atoms with Gasteiger partial charge in [0.2, 0.25) is 0 Å². The summed E-state index contributed by atoms with van der Waals surface area (Å²) in [6.07, 6.45) is 2.29. The van der Waals surface area contributed by atoms with Gasteiger partial charge in [-0.2, -0.15) is 0 Å². The molecule has 4 heteroatoms. The highest BCUT2D eigenvalue weighted by Gasteiger charge is 2.51. The summed E-state index contributed by atoms with van der Waals surface area (Å²) in [5.74, 6) is -1.79. The molecule has 1 aliphatic rings. The van der Waals surface area contributed by atoms with Crippen molar-refractivity contribution in [3.05, 3.63) is 0 Å². The van der Waals surface area contributed by atoms with Crippen LogP contribution in [0.2, 0.25) is 0 Å². The number of hydrogen-bond donors (Lipinski definition) is 1. The fourth-order valence-corrected chi connectivity index (χ4v) is 1.74. The molecule has 0 radical (unpaired) electrons. The minimum absolute atomic E-state index is 0.318. The van der Waals surface area contributed by atoms with Crippen molar-refractivity contribution < 1.29 is 19.4 Å². The summed E-state index contributed by atoms with van der Waals surface area (Å²) in [5.41, 5.74) is -1.01. The predicted octanol–water partition coefficient (Wildman–Crippen LogP) is 1.46. The molecule has 88 valence electrons. The molecule has 1 aliphatic heterocycles. The zero-order valence-electron chi connectivity index (χ0n) is 9.71. The second-order valence-electron chi connectivity index (χ2n) is 4.44. The van der Waals surface area contributed by atoms with E-state index in [2.05, 4.69) is 0 Å². The normalized spacial score (nSPS) is 27.5. The standard InChI is InChI=1S/C11H20O4/c1-4-14-9(12)10(2,3)11(13)7-5-6-8-15-11/h13H,4-8H2,1-3H3.